The van der Waals surface area contributed by atoms with Crippen LogP contribution in [0.1, 0.15) is 52.9 Å². The molecule has 10 nitrogen and oxygen atoms in total. The molecule has 0 saturated carbocycles. The molecule has 10 heteroatoms. The number of imide groups is 1. The first-order chi connectivity index (χ1) is 20.6. The maximum atomic E-state index is 14.0. The summed E-state index contributed by atoms with van der Waals surface area (Å²) in [5, 5.41) is 16.2. The monoisotopic (exact) mass is 580 g/mol. The van der Waals surface area contributed by atoms with Crippen molar-refractivity contribution in [3.05, 3.63) is 101 Å². The van der Waals surface area contributed by atoms with Gasteiger partial charge in [-0.25, -0.2) is 9.69 Å². The van der Waals surface area contributed by atoms with E-state index in [1.54, 1.807) is 0 Å². The number of rotatable bonds is 10. The molecule has 4 atom stereocenters. The largest absolute Gasteiger partial charge is 0.480 e. The van der Waals surface area contributed by atoms with Gasteiger partial charge < -0.3 is 16.2 Å². The highest BCUT2D eigenvalue weighted by Gasteiger charge is 2.68. The zero-order valence-corrected chi connectivity index (χ0v) is 23.5. The number of primary amides is 1. The number of nitrogens with zero attached hydrogens (tertiary/aromatic N) is 1. The average molecular weight is 581 g/mol. The lowest BCUT2D eigenvalue weighted by Crippen LogP contribution is -2.56. The number of anilines is 1. The van der Waals surface area contributed by atoms with Gasteiger partial charge in [-0.3, -0.25) is 24.5 Å². The van der Waals surface area contributed by atoms with Crippen molar-refractivity contribution in [1.82, 2.24) is 10.6 Å². The normalized spacial score (nSPS) is 23.0. The molecule has 0 aliphatic carbocycles. The summed E-state index contributed by atoms with van der Waals surface area (Å²) < 4.78 is 0. The van der Waals surface area contributed by atoms with Crippen LogP contribution >= 0.6 is 0 Å². The van der Waals surface area contributed by atoms with Gasteiger partial charge in [-0.15, -0.1) is 0 Å². The van der Waals surface area contributed by atoms with Crippen LogP contribution in [-0.4, -0.2) is 46.8 Å². The van der Waals surface area contributed by atoms with E-state index in [1.807, 2.05) is 66.7 Å². The van der Waals surface area contributed by atoms with Gasteiger partial charge in [0, 0.05) is 18.2 Å². The van der Waals surface area contributed by atoms with Crippen LogP contribution in [0.4, 0.5) is 10.5 Å². The molecule has 2 fully saturated rings. The standard InChI is InChI=1S/C33H32N4O6/c1-20(38)23-14-16-25(17-15-23)37-29(39)26-27(30(37)40)33(31(41)42,18-5-19-35-32(34)43)36-28(26)24-12-10-22(11-13-24)9-8-21-6-3-2-4-7-21/h2-4,6-17,26-28,36H,5,18-19H2,1H3,(H,41,42)(H3,34,35,43)/b9-8+. The van der Waals surface area contributed by atoms with Crippen molar-refractivity contribution in [1.29, 1.82) is 0 Å². The Labute approximate surface area is 248 Å². The third-order valence-corrected chi connectivity index (χ3v) is 8.18. The smallest absolute Gasteiger partial charge is 0.324 e. The zero-order valence-electron chi connectivity index (χ0n) is 23.5. The van der Waals surface area contributed by atoms with Gasteiger partial charge >= 0.3 is 12.0 Å². The summed E-state index contributed by atoms with van der Waals surface area (Å²) >= 11 is 0. The molecule has 0 radical (unpaired) electrons. The Bertz CT molecular complexity index is 1590. The van der Waals surface area contributed by atoms with Crippen molar-refractivity contribution in [3.63, 3.8) is 0 Å². The number of nitrogens with two attached hydrogens (primary N) is 1. The van der Waals surface area contributed by atoms with Crippen LogP contribution in [0.25, 0.3) is 12.2 Å². The van der Waals surface area contributed by atoms with Gasteiger partial charge in [0.05, 0.1) is 17.5 Å². The zero-order chi connectivity index (χ0) is 30.7. The molecule has 3 aromatic rings. The maximum Gasteiger partial charge on any atom is 0.324 e. The maximum absolute atomic E-state index is 14.0. The highest BCUT2D eigenvalue weighted by molar-refractivity contribution is 6.24. The fourth-order valence-electron chi connectivity index (χ4n) is 6.07. The lowest BCUT2D eigenvalue weighted by molar-refractivity contribution is -0.149. The first-order valence-corrected chi connectivity index (χ1v) is 14.0. The Morgan fingerprint density at radius 2 is 1.56 bits per heavy atom. The molecule has 3 aromatic carbocycles. The number of amides is 4. The number of carbonyl (C=O) groups excluding carboxylic acids is 4. The molecular formula is C33H32N4O6. The first kappa shape index (κ1) is 29.4. The Morgan fingerprint density at radius 1 is 0.930 bits per heavy atom. The molecule has 5 rings (SSSR count). The van der Waals surface area contributed by atoms with Crippen LogP contribution in [-0.2, 0) is 14.4 Å². The number of hydrogen-bond donors (Lipinski definition) is 4. The van der Waals surface area contributed by atoms with Gasteiger partial charge in [-0.2, -0.15) is 0 Å². The second-order valence-corrected chi connectivity index (χ2v) is 10.8. The second kappa shape index (κ2) is 12.0. The summed E-state index contributed by atoms with van der Waals surface area (Å²) in [5.74, 6) is -4.78. The fourth-order valence-corrected chi connectivity index (χ4v) is 6.07. The summed E-state index contributed by atoms with van der Waals surface area (Å²) in [6.07, 6.45) is 4.10. The highest BCUT2D eigenvalue weighted by Crippen LogP contribution is 2.51. The van der Waals surface area contributed by atoms with E-state index in [9.17, 15) is 29.1 Å². The summed E-state index contributed by atoms with van der Waals surface area (Å²) in [6, 6.07) is 21.8. The van der Waals surface area contributed by atoms with Gasteiger partial charge in [0.2, 0.25) is 11.8 Å². The van der Waals surface area contributed by atoms with E-state index in [1.165, 1.54) is 31.2 Å². The predicted octanol–water partition coefficient (Wildman–Crippen LogP) is 3.78. The minimum atomic E-state index is -1.78. The molecule has 220 valence electrons. The topological polar surface area (TPSA) is 159 Å². The van der Waals surface area contributed by atoms with E-state index in [0.29, 0.717) is 11.1 Å². The van der Waals surface area contributed by atoms with Crippen molar-refractivity contribution in [3.8, 4) is 0 Å². The summed E-state index contributed by atoms with van der Waals surface area (Å²) in [4.78, 5) is 64.9. The molecule has 4 unspecified atom stereocenters. The van der Waals surface area contributed by atoms with Crippen molar-refractivity contribution in [2.45, 2.75) is 31.3 Å². The van der Waals surface area contributed by atoms with Gasteiger partial charge in [-0.1, -0.05) is 66.7 Å². The fraction of sp³-hybridized carbons (Fsp3) is 0.242. The van der Waals surface area contributed by atoms with Crippen molar-refractivity contribution >= 4 is 47.4 Å². The van der Waals surface area contributed by atoms with Crippen molar-refractivity contribution in [2.75, 3.05) is 11.4 Å². The van der Waals surface area contributed by atoms with Crippen molar-refractivity contribution in [2.24, 2.45) is 17.6 Å². The third-order valence-electron chi connectivity index (χ3n) is 8.18. The molecule has 0 bridgehead atoms. The molecule has 4 amide bonds. The third kappa shape index (κ3) is 5.69. The number of ketones is 1. The number of benzene rings is 3. The molecule has 2 saturated heterocycles. The Hall–Kier alpha value is -5.09. The van der Waals surface area contributed by atoms with E-state index in [2.05, 4.69) is 10.6 Å². The van der Waals surface area contributed by atoms with Crippen LogP contribution < -0.4 is 21.3 Å². The van der Waals surface area contributed by atoms with Crippen LogP contribution in [0.2, 0.25) is 0 Å². The minimum Gasteiger partial charge on any atom is -0.480 e. The van der Waals surface area contributed by atoms with Crippen LogP contribution in [0, 0.1) is 11.8 Å². The summed E-state index contributed by atoms with van der Waals surface area (Å²) in [7, 11) is 0. The van der Waals surface area contributed by atoms with E-state index >= 15 is 0 Å². The van der Waals surface area contributed by atoms with Gasteiger partial charge in [-0.05, 0) is 60.7 Å². The van der Waals surface area contributed by atoms with Crippen LogP contribution in [0.5, 0.6) is 0 Å². The van der Waals surface area contributed by atoms with Crippen molar-refractivity contribution < 1.29 is 29.1 Å². The van der Waals surface area contributed by atoms with E-state index in [0.717, 1.165) is 16.0 Å². The number of hydrogen-bond acceptors (Lipinski definition) is 6. The van der Waals surface area contributed by atoms with E-state index in [-0.39, 0.29) is 30.9 Å². The summed E-state index contributed by atoms with van der Waals surface area (Å²) in [6.45, 7) is 1.52. The van der Waals surface area contributed by atoms with Crippen LogP contribution in [0.15, 0.2) is 78.9 Å². The molecule has 2 aliphatic heterocycles. The SMILES string of the molecule is CC(=O)c1ccc(N2C(=O)C3C(c4ccc(/C=C/c5ccccc5)cc4)NC(CCCNC(N)=O)(C(=O)O)C3C2=O)cc1. The number of fused-ring (bicyclic) bond motifs is 1. The van der Waals surface area contributed by atoms with E-state index in [4.69, 9.17) is 5.73 Å². The molecule has 2 aliphatic rings. The minimum absolute atomic E-state index is 0.0334. The number of Topliss-reactive ketones (excluding diaryl/α,β-unsaturated/α-hetero) is 1. The van der Waals surface area contributed by atoms with E-state index < -0.39 is 47.2 Å². The molecule has 43 heavy (non-hydrogen) atoms. The number of carboxylic acid groups (broad SMARTS) is 1. The molecule has 2 heterocycles. The van der Waals surface area contributed by atoms with Gasteiger partial charge in [0.1, 0.15) is 5.54 Å². The lowest BCUT2D eigenvalue weighted by atomic mass is 9.77. The molecule has 0 aromatic heterocycles. The number of carboxylic acids is 1. The number of carbonyl (C=O) groups is 5. The molecular weight excluding hydrogens is 548 g/mol. The molecule has 5 N–H and O–H groups in total. The number of urea groups is 1. The predicted molar refractivity (Wildman–Crippen MR) is 161 cm³/mol. The molecule has 0 spiro atoms. The lowest BCUT2D eigenvalue weighted by Gasteiger charge is -2.31. The van der Waals surface area contributed by atoms with Gasteiger partial charge in [0.25, 0.3) is 0 Å². The quantitative estimate of drug-likeness (QED) is 0.123. The number of nitrogens with one attached hydrogen (secondary N) is 2. The number of aliphatic carboxylic acids is 1. The average Bonchev–Trinajstić information content (AvgIpc) is 3.48. The highest BCUT2D eigenvalue weighted by atomic mass is 16.4. The Morgan fingerprint density at radius 3 is 2.14 bits per heavy atom. The second-order valence-electron chi connectivity index (χ2n) is 10.8. The Kier molecular flexibility index (Phi) is 8.22. The van der Waals surface area contributed by atoms with Gasteiger partial charge in [0.15, 0.2) is 5.78 Å². The first-order valence-electron chi connectivity index (χ1n) is 14.0. The Balaban J connectivity index is 1.50. The summed E-state index contributed by atoms with van der Waals surface area (Å²) in [5.41, 5.74) is 6.69. The van der Waals surface area contributed by atoms with Crippen LogP contribution in [0.3, 0.4) is 0 Å².